The maximum absolute atomic E-state index is 6.06. The van der Waals surface area contributed by atoms with Crippen molar-refractivity contribution in [3.8, 4) is 5.75 Å². The van der Waals surface area contributed by atoms with Crippen molar-refractivity contribution in [2.24, 2.45) is 11.1 Å². The Hall–Kier alpha value is -1.02. The van der Waals surface area contributed by atoms with Gasteiger partial charge in [-0.3, -0.25) is 0 Å². The summed E-state index contributed by atoms with van der Waals surface area (Å²) in [5.41, 5.74) is 7.64. The van der Waals surface area contributed by atoms with E-state index in [1.54, 1.807) is 0 Å². The molecule has 2 heteroatoms. The second kappa shape index (κ2) is 3.77. The molecular formula is C14H21NO. The Morgan fingerprint density at radius 1 is 1.19 bits per heavy atom. The lowest BCUT2D eigenvalue weighted by Gasteiger charge is -2.10. The van der Waals surface area contributed by atoms with Crippen LogP contribution in [0, 0.1) is 5.41 Å². The fraction of sp³-hybridized carbons (Fsp3) is 0.571. The first kappa shape index (κ1) is 11.5. The molecular weight excluding hydrogens is 198 g/mol. The first-order valence-electron chi connectivity index (χ1n) is 5.95. The monoisotopic (exact) mass is 219 g/mol. The summed E-state index contributed by atoms with van der Waals surface area (Å²) < 4.78 is 5.62. The summed E-state index contributed by atoms with van der Waals surface area (Å²) in [5.74, 6) is 1.44. The van der Waals surface area contributed by atoms with Gasteiger partial charge in [-0.25, -0.2) is 0 Å². The highest BCUT2D eigenvalue weighted by atomic mass is 16.5. The molecule has 0 unspecified atom stereocenters. The van der Waals surface area contributed by atoms with Gasteiger partial charge in [-0.1, -0.05) is 26.0 Å². The zero-order valence-corrected chi connectivity index (χ0v) is 10.5. The molecule has 0 aliphatic heterocycles. The van der Waals surface area contributed by atoms with E-state index in [1.807, 2.05) is 26.0 Å². The van der Waals surface area contributed by atoms with E-state index in [0.717, 1.165) is 5.75 Å². The molecule has 0 saturated heterocycles. The van der Waals surface area contributed by atoms with Gasteiger partial charge in [0, 0.05) is 12.0 Å². The maximum atomic E-state index is 6.06. The van der Waals surface area contributed by atoms with Gasteiger partial charge in [0.25, 0.3) is 0 Å². The molecule has 0 radical (unpaired) electrons. The van der Waals surface area contributed by atoms with E-state index in [0.29, 0.717) is 12.0 Å². The lowest BCUT2D eigenvalue weighted by Crippen LogP contribution is -2.06. The van der Waals surface area contributed by atoms with Crippen molar-refractivity contribution in [3.63, 3.8) is 0 Å². The van der Waals surface area contributed by atoms with Crippen molar-refractivity contribution < 1.29 is 4.74 Å². The standard InChI is InChI=1S/C14H21NO/c1-9(2)16-11-7-5-10(6-8-11)12-13(15)14(12,3)4/h5-9,12-13H,15H2,1-4H3/t12-,13-/m0/s1. The predicted molar refractivity (Wildman–Crippen MR) is 66.7 cm³/mol. The van der Waals surface area contributed by atoms with E-state index in [-0.39, 0.29) is 11.5 Å². The molecule has 2 rings (SSSR count). The van der Waals surface area contributed by atoms with E-state index < -0.39 is 0 Å². The summed E-state index contributed by atoms with van der Waals surface area (Å²) >= 11 is 0. The smallest absolute Gasteiger partial charge is 0.119 e. The van der Waals surface area contributed by atoms with E-state index in [2.05, 4.69) is 26.0 Å². The molecule has 1 aliphatic carbocycles. The Labute approximate surface area is 97.8 Å². The molecule has 0 heterocycles. The van der Waals surface area contributed by atoms with Crippen LogP contribution in [0.4, 0.5) is 0 Å². The zero-order valence-electron chi connectivity index (χ0n) is 10.5. The average molecular weight is 219 g/mol. The summed E-state index contributed by atoms with van der Waals surface area (Å²) in [7, 11) is 0. The number of benzene rings is 1. The van der Waals surface area contributed by atoms with Gasteiger partial charge in [0.1, 0.15) is 5.75 Å². The van der Waals surface area contributed by atoms with Crippen LogP contribution in [0.3, 0.4) is 0 Å². The summed E-state index contributed by atoms with van der Waals surface area (Å²) in [5, 5.41) is 0. The van der Waals surface area contributed by atoms with E-state index in [4.69, 9.17) is 10.5 Å². The minimum absolute atomic E-state index is 0.227. The van der Waals surface area contributed by atoms with E-state index >= 15 is 0 Å². The van der Waals surface area contributed by atoms with Crippen molar-refractivity contribution in [3.05, 3.63) is 29.8 Å². The summed E-state index contributed by atoms with van der Waals surface area (Å²) in [6, 6.07) is 8.64. The van der Waals surface area contributed by atoms with Gasteiger partial charge >= 0.3 is 0 Å². The van der Waals surface area contributed by atoms with Crippen LogP contribution in [0.1, 0.15) is 39.2 Å². The fourth-order valence-corrected chi connectivity index (χ4v) is 2.34. The first-order valence-corrected chi connectivity index (χ1v) is 5.95. The van der Waals surface area contributed by atoms with Gasteiger partial charge in [0.15, 0.2) is 0 Å². The minimum Gasteiger partial charge on any atom is -0.491 e. The number of rotatable bonds is 3. The maximum Gasteiger partial charge on any atom is 0.119 e. The third kappa shape index (κ3) is 1.94. The third-order valence-corrected chi connectivity index (χ3v) is 3.52. The number of nitrogens with two attached hydrogens (primary N) is 1. The van der Waals surface area contributed by atoms with Crippen LogP contribution in [0.15, 0.2) is 24.3 Å². The van der Waals surface area contributed by atoms with Gasteiger partial charge in [-0.2, -0.15) is 0 Å². The number of ether oxygens (including phenoxy) is 1. The molecule has 1 saturated carbocycles. The normalized spacial score (nSPS) is 26.9. The summed E-state index contributed by atoms with van der Waals surface area (Å²) in [4.78, 5) is 0. The highest BCUT2D eigenvalue weighted by Crippen LogP contribution is 2.57. The minimum atomic E-state index is 0.227. The SMILES string of the molecule is CC(C)Oc1ccc([C@H]2[C@H](N)C2(C)C)cc1. The lowest BCUT2D eigenvalue weighted by molar-refractivity contribution is 0.242. The molecule has 2 nitrogen and oxygen atoms in total. The molecule has 0 amide bonds. The number of hydrogen-bond acceptors (Lipinski definition) is 2. The molecule has 1 aromatic rings. The van der Waals surface area contributed by atoms with Crippen molar-refractivity contribution in [2.45, 2.75) is 45.8 Å². The highest BCUT2D eigenvalue weighted by Gasteiger charge is 2.55. The van der Waals surface area contributed by atoms with Crippen LogP contribution >= 0.6 is 0 Å². The van der Waals surface area contributed by atoms with Crippen LogP contribution in [0.25, 0.3) is 0 Å². The second-order valence-electron chi connectivity index (χ2n) is 5.56. The predicted octanol–water partition coefficient (Wildman–Crippen LogP) is 2.92. The Morgan fingerprint density at radius 2 is 1.69 bits per heavy atom. The van der Waals surface area contributed by atoms with Gasteiger partial charge < -0.3 is 10.5 Å². The molecule has 88 valence electrons. The Morgan fingerprint density at radius 3 is 2.06 bits per heavy atom. The molecule has 2 N–H and O–H groups in total. The average Bonchev–Trinajstić information content (AvgIpc) is 2.67. The molecule has 1 aromatic carbocycles. The first-order chi connectivity index (χ1) is 7.43. The van der Waals surface area contributed by atoms with Crippen LogP contribution in [-0.4, -0.2) is 12.1 Å². The van der Waals surface area contributed by atoms with Crippen molar-refractivity contribution >= 4 is 0 Å². The van der Waals surface area contributed by atoms with Gasteiger partial charge in [0.2, 0.25) is 0 Å². The molecule has 1 fully saturated rings. The zero-order chi connectivity index (χ0) is 11.9. The van der Waals surface area contributed by atoms with Crippen molar-refractivity contribution in [1.82, 2.24) is 0 Å². The lowest BCUT2D eigenvalue weighted by atomic mass is 10.0. The quantitative estimate of drug-likeness (QED) is 0.848. The third-order valence-electron chi connectivity index (χ3n) is 3.52. The van der Waals surface area contributed by atoms with Crippen molar-refractivity contribution in [1.29, 1.82) is 0 Å². The fourth-order valence-electron chi connectivity index (χ4n) is 2.34. The van der Waals surface area contributed by atoms with Crippen LogP contribution in [-0.2, 0) is 0 Å². The highest BCUT2D eigenvalue weighted by molar-refractivity contribution is 5.37. The largest absolute Gasteiger partial charge is 0.491 e. The molecule has 1 aliphatic rings. The van der Waals surface area contributed by atoms with Crippen LogP contribution < -0.4 is 10.5 Å². The van der Waals surface area contributed by atoms with Crippen LogP contribution in [0.5, 0.6) is 5.75 Å². The molecule has 0 bridgehead atoms. The topological polar surface area (TPSA) is 35.2 Å². The Bertz CT molecular complexity index is 367. The molecule has 0 aromatic heterocycles. The molecule has 2 atom stereocenters. The van der Waals surface area contributed by atoms with Crippen molar-refractivity contribution in [2.75, 3.05) is 0 Å². The van der Waals surface area contributed by atoms with E-state index in [1.165, 1.54) is 5.56 Å². The Kier molecular flexibility index (Phi) is 2.70. The Balaban J connectivity index is 2.09. The molecule has 0 spiro atoms. The van der Waals surface area contributed by atoms with E-state index in [9.17, 15) is 0 Å². The van der Waals surface area contributed by atoms with Gasteiger partial charge in [-0.05, 0) is 37.0 Å². The number of hydrogen-bond donors (Lipinski definition) is 1. The van der Waals surface area contributed by atoms with Gasteiger partial charge in [-0.15, -0.1) is 0 Å². The summed E-state index contributed by atoms with van der Waals surface area (Å²) in [6.45, 7) is 8.52. The summed E-state index contributed by atoms with van der Waals surface area (Å²) in [6.07, 6.45) is 0.227. The van der Waals surface area contributed by atoms with Gasteiger partial charge in [0.05, 0.1) is 6.10 Å². The molecule has 16 heavy (non-hydrogen) atoms. The van der Waals surface area contributed by atoms with Crippen LogP contribution in [0.2, 0.25) is 0 Å². The second-order valence-corrected chi connectivity index (χ2v) is 5.56.